The van der Waals surface area contributed by atoms with Crippen LogP contribution in [-0.2, 0) is 10.5 Å². The molecule has 2 rings (SSSR count). The fourth-order valence-corrected chi connectivity index (χ4v) is 3.13. The molecule has 2 heterocycles. The molecule has 0 aliphatic heterocycles. The average Bonchev–Trinajstić information content (AvgIpc) is 3.16. The largest absolute Gasteiger partial charge is 0.394 e. The topological polar surface area (TPSA) is 66.6 Å². The summed E-state index contributed by atoms with van der Waals surface area (Å²) in [7, 11) is 1.70. The van der Waals surface area contributed by atoms with Crippen molar-refractivity contribution in [3.05, 3.63) is 29.3 Å². The monoisotopic (exact) mass is 326 g/mol. The molecule has 2 aromatic heterocycles. The molecule has 114 valence electrons. The number of carbonyl (C=O) groups is 1. The number of amides is 1. The highest BCUT2D eigenvalue weighted by molar-refractivity contribution is 7.99. The lowest BCUT2D eigenvalue weighted by Gasteiger charge is -2.22. The van der Waals surface area contributed by atoms with Gasteiger partial charge in [-0.1, -0.05) is 11.2 Å². The second-order valence-electron chi connectivity index (χ2n) is 4.69. The third kappa shape index (κ3) is 4.33. The van der Waals surface area contributed by atoms with Crippen molar-refractivity contribution < 1.29 is 14.4 Å². The van der Waals surface area contributed by atoms with E-state index >= 15 is 0 Å². The molecule has 1 amide bonds. The predicted molar refractivity (Wildman–Crippen MR) is 85.3 cm³/mol. The molecule has 5 nitrogen and oxygen atoms in total. The first-order valence-corrected chi connectivity index (χ1v) is 8.59. The van der Waals surface area contributed by atoms with Crippen LogP contribution in [0.4, 0.5) is 0 Å². The normalized spacial score (nSPS) is 12.3. The second kappa shape index (κ2) is 7.63. The van der Waals surface area contributed by atoms with Crippen molar-refractivity contribution in [2.75, 3.05) is 19.4 Å². The first-order chi connectivity index (χ1) is 10.1. The van der Waals surface area contributed by atoms with Gasteiger partial charge in [0.25, 0.3) is 0 Å². The molecule has 0 aliphatic rings. The van der Waals surface area contributed by atoms with Crippen LogP contribution in [0.15, 0.2) is 28.1 Å². The number of aliphatic hydroxyl groups excluding tert-OH is 1. The van der Waals surface area contributed by atoms with Crippen molar-refractivity contribution in [1.29, 1.82) is 0 Å². The van der Waals surface area contributed by atoms with Gasteiger partial charge in [-0.15, -0.1) is 23.1 Å². The number of thioether (sulfide) groups is 1. The molecule has 0 saturated heterocycles. The highest BCUT2D eigenvalue weighted by Crippen LogP contribution is 2.26. The maximum Gasteiger partial charge on any atom is 0.232 e. The van der Waals surface area contributed by atoms with Crippen molar-refractivity contribution in [2.24, 2.45) is 0 Å². The quantitative estimate of drug-likeness (QED) is 0.847. The Labute approximate surface area is 131 Å². The van der Waals surface area contributed by atoms with Crippen LogP contribution in [0, 0.1) is 0 Å². The minimum atomic E-state index is -0.157. The van der Waals surface area contributed by atoms with Crippen molar-refractivity contribution in [3.63, 3.8) is 0 Å². The summed E-state index contributed by atoms with van der Waals surface area (Å²) in [5.41, 5.74) is 0.828. The second-order valence-corrected chi connectivity index (χ2v) is 6.62. The number of aliphatic hydroxyl groups is 1. The van der Waals surface area contributed by atoms with Gasteiger partial charge >= 0.3 is 0 Å². The van der Waals surface area contributed by atoms with Crippen LogP contribution in [0.5, 0.6) is 0 Å². The van der Waals surface area contributed by atoms with Crippen LogP contribution in [0.1, 0.15) is 12.6 Å². The SMILES string of the molecule is CC(CO)N(C)C(=O)CSCc1cc(-c2cccs2)on1. The zero-order valence-electron chi connectivity index (χ0n) is 12.0. The zero-order valence-corrected chi connectivity index (χ0v) is 13.6. The Balaban J connectivity index is 1.80. The third-order valence-electron chi connectivity index (χ3n) is 3.12. The van der Waals surface area contributed by atoms with E-state index in [4.69, 9.17) is 9.63 Å². The number of aromatic nitrogens is 1. The summed E-state index contributed by atoms with van der Waals surface area (Å²) in [6, 6.07) is 5.70. The summed E-state index contributed by atoms with van der Waals surface area (Å²) in [5.74, 6) is 1.76. The molecule has 0 saturated carbocycles. The van der Waals surface area contributed by atoms with E-state index in [0.29, 0.717) is 11.5 Å². The molecular weight excluding hydrogens is 308 g/mol. The first-order valence-electron chi connectivity index (χ1n) is 6.55. The van der Waals surface area contributed by atoms with Gasteiger partial charge in [-0.25, -0.2) is 0 Å². The number of nitrogens with zero attached hydrogens (tertiary/aromatic N) is 2. The predicted octanol–water partition coefficient (Wildman–Crippen LogP) is 2.48. The number of likely N-dealkylation sites (N-methyl/N-ethyl adjacent to an activating group) is 1. The number of rotatable bonds is 7. The molecule has 1 unspecified atom stereocenters. The van der Waals surface area contributed by atoms with Gasteiger partial charge in [0.1, 0.15) is 0 Å². The molecular formula is C14H18N2O3S2. The van der Waals surface area contributed by atoms with Crippen molar-refractivity contribution >= 4 is 29.0 Å². The Kier molecular flexibility index (Phi) is 5.84. The summed E-state index contributed by atoms with van der Waals surface area (Å²) in [6.07, 6.45) is 0. The Bertz CT molecular complexity index is 569. The van der Waals surface area contributed by atoms with Gasteiger partial charge in [-0.2, -0.15) is 0 Å². The fraction of sp³-hybridized carbons (Fsp3) is 0.429. The summed E-state index contributed by atoms with van der Waals surface area (Å²) in [5, 5.41) is 15.0. The number of carbonyl (C=O) groups excluding carboxylic acids is 1. The fourth-order valence-electron chi connectivity index (χ4n) is 1.63. The lowest BCUT2D eigenvalue weighted by atomic mass is 10.3. The summed E-state index contributed by atoms with van der Waals surface area (Å²) in [4.78, 5) is 14.5. The van der Waals surface area contributed by atoms with Gasteiger partial charge in [-0.05, 0) is 18.4 Å². The van der Waals surface area contributed by atoms with E-state index in [2.05, 4.69) is 5.16 Å². The van der Waals surface area contributed by atoms with Crippen LogP contribution in [-0.4, -0.2) is 46.5 Å². The maximum atomic E-state index is 11.9. The van der Waals surface area contributed by atoms with Gasteiger partial charge in [0, 0.05) is 18.9 Å². The van der Waals surface area contributed by atoms with E-state index in [9.17, 15) is 4.79 Å². The smallest absolute Gasteiger partial charge is 0.232 e. The zero-order chi connectivity index (χ0) is 15.2. The van der Waals surface area contributed by atoms with Gasteiger partial charge in [-0.3, -0.25) is 4.79 Å². The Morgan fingerprint density at radius 3 is 3.10 bits per heavy atom. The lowest BCUT2D eigenvalue weighted by molar-refractivity contribution is -0.129. The molecule has 0 aromatic carbocycles. The maximum absolute atomic E-state index is 11.9. The summed E-state index contributed by atoms with van der Waals surface area (Å²) in [6.45, 7) is 1.79. The van der Waals surface area contributed by atoms with E-state index in [1.54, 1.807) is 23.3 Å². The van der Waals surface area contributed by atoms with Crippen molar-refractivity contribution in [1.82, 2.24) is 10.1 Å². The molecule has 7 heteroatoms. The molecule has 0 fully saturated rings. The van der Waals surface area contributed by atoms with E-state index in [-0.39, 0.29) is 18.6 Å². The van der Waals surface area contributed by atoms with Crippen LogP contribution in [0.25, 0.3) is 10.6 Å². The molecule has 0 radical (unpaired) electrons. The average molecular weight is 326 g/mol. The van der Waals surface area contributed by atoms with Crippen LogP contribution in [0.3, 0.4) is 0 Å². The molecule has 21 heavy (non-hydrogen) atoms. The van der Waals surface area contributed by atoms with E-state index in [0.717, 1.165) is 16.3 Å². The Morgan fingerprint density at radius 1 is 1.62 bits per heavy atom. The minimum absolute atomic E-state index is 0.00326. The van der Waals surface area contributed by atoms with Gasteiger partial charge in [0.15, 0.2) is 5.76 Å². The van der Waals surface area contributed by atoms with Gasteiger partial charge in [0.05, 0.1) is 29.0 Å². The summed E-state index contributed by atoms with van der Waals surface area (Å²) < 4.78 is 5.29. The minimum Gasteiger partial charge on any atom is -0.394 e. The lowest BCUT2D eigenvalue weighted by Crippen LogP contribution is -2.38. The number of hydrogen-bond acceptors (Lipinski definition) is 6. The van der Waals surface area contributed by atoms with Crippen LogP contribution < -0.4 is 0 Å². The molecule has 1 N–H and O–H groups in total. The first kappa shape index (κ1) is 16.1. The molecule has 0 spiro atoms. The van der Waals surface area contributed by atoms with Crippen LogP contribution >= 0.6 is 23.1 Å². The Hall–Kier alpha value is -1.31. The van der Waals surface area contributed by atoms with Crippen molar-refractivity contribution in [3.8, 4) is 10.6 Å². The summed E-state index contributed by atoms with van der Waals surface area (Å²) >= 11 is 3.09. The highest BCUT2D eigenvalue weighted by Gasteiger charge is 2.15. The van der Waals surface area contributed by atoms with Crippen molar-refractivity contribution in [2.45, 2.75) is 18.7 Å². The number of thiophene rings is 1. The highest BCUT2D eigenvalue weighted by atomic mass is 32.2. The van der Waals surface area contributed by atoms with Gasteiger partial charge in [0.2, 0.25) is 5.91 Å². The molecule has 0 bridgehead atoms. The molecule has 1 atom stereocenters. The third-order valence-corrected chi connectivity index (χ3v) is 4.95. The molecule has 0 aliphatic carbocycles. The van der Waals surface area contributed by atoms with Crippen LogP contribution in [0.2, 0.25) is 0 Å². The van der Waals surface area contributed by atoms with E-state index in [1.165, 1.54) is 11.8 Å². The van der Waals surface area contributed by atoms with E-state index < -0.39 is 0 Å². The van der Waals surface area contributed by atoms with Gasteiger partial charge < -0.3 is 14.5 Å². The molecule has 2 aromatic rings. The Morgan fingerprint density at radius 2 is 2.43 bits per heavy atom. The standard InChI is InChI=1S/C14H18N2O3S2/c1-10(7-17)16(2)14(18)9-20-8-11-6-12(19-15-11)13-4-3-5-21-13/h3-6,10,17H,7-9H2,1-2H3. The number of hydrogen-bond donors (Lipinski definition) is 1. The van der Waals surface area contributed by atoms with E-state index in [1.807, 2.05) is 30.5 Å².